The molecule has 8 nitrogen and oxygen atoms in total. The van der Waals surface area contributed by atoms with Crippen LogP contribution in [0.1, 0.15) is 0 Å². The molecule has 0 aromatic rings. The van der Waals surface area contributed by atoms with Crippen LogP contribution in [-0.4, -0.2) is 93.0 Å². The van der Waals surface area contributed by atoms with Crippen molar-refractivity contribution in [3.8, 4) is 0 Å². The lowest BCUT2D eigenvalue weighted by molar-refractivity contribution is -0.140. The van der Waals surface area contributed by atoms with Crippen molar-refractivity contribution < 1.29 is 19.4 Å². The highest BCUT2D eigenvalue weighted by atomic mass is 16.5. The van der Waals surface area contributed by atoms with Crippen LogP contribution in [0.15, 0.2) is 0 Å². The van der Waals surface area contributed by atoms with Crippen LogP contribution < -0.4 is 10.6 Å². The molecule has 1 rings (SSSR count). The molecule has 1 saturated heterocycles. The molecule has 2 amide bonds. The Kier molecular flexibility index (Phi) is 6.69. The zero-order valence-electron chi connectivity index (χ0n) is 12.3. The number of likely N-dealkylation sites (N-methyl/N-ethyl adjacent to an activating group) is 2. The molecule has 2 atom stereocenters. The summed E-state index contributed by atoms with van der Waals surface area (Å²) < 4.78 is 4.75. The van der Waals surface area contributed by atoms with Crippen molar-refractivity contribution in [1.82, 2.24) is 20.4 Å². The minimum absolute atomic E-state index is 0.0607. The summed E-state index contributed by atoms with van der Waals surface area (Å²) in [5, 5.41) is 14.0. The van der Waals surface area contributed by atoms with Gasteiger partial charge in [-0.2, -0.15) is 0 Å². The van der Waals surface area contributed by atoms with Crippen LogP contribution in [0.5, 0.6) is 0 Å². The number of carboxylic acids is 1. The second-order valence-electron chi connectivity index (χ2n) is 5.10. The van der Waals surface area contributed by atoms with Gasteiger partial charge in [0, 0.05) is 39.3 Å². The van der Waals surface area contributed by atoms with Gasteiger partial charge in [-0.25, -0.2) is 9.59 Å². The number of carboxylic acid groups (broad SMARTS) is 1. The predicted octanol–water partition coefficient (Wildman–Crippen LogP) is -1.37. The number of nitrogens with zero attached hydrogens (tertiary/aromatic N) is 2. The van der Waals surface area contributed by atoms with Crippen LogP contribution in [-0.2, 0) is 9.53 Å². The molecule has 0 aromatic heterocycles. The standard InChI is InChI=1S/C12H24N4O4/c1-15-4-5-16(2)9(7-15)6-13-12(19)14-10(8-20-3)11(17)18/h9-10H,4-8H2,1-3H3,(H,17,18)(H2,13,14,19). The second kappa shape index (κ2) is 8.03. The van der Waals surface area contributed by atoms with Crippen molar-refractivity contribution in [1.29, 1.82) is 0 Å². The summed E-state index contributed by atoms with van der Waals surface area (Å²) in [6, 6.07) is -1.30. The van der Waals surface area contributed by atoms with Gasteiger partial charge in [0.05, 0.1) is 6.61 Å². The van der Waals surface area contributed by atoms with E-state index in [-0.39, 0.29) is 12.6 Å². The van der Waals surface area contributed by atoms with Crippen molar-refractivity contribution in [2.45, 2.75) is 12.1 Å². The Hall–Kier alpha value is -1.38. The number of aliphatic carboxylic acids is 1. The predicted molar refractivity (Wildman–Crippen MR) is 73.7 cm³/mol. The first kappa shape index (κ1) is 16.7. The normalized spacial score (nSPS) is 22.2. The molecule has 2 unspecified atom stereocenters. The topological polar surface area (TPSA) is 94.1 Å². The monoisotopic (exact) mass is 288 g/mol. The minimum Gasteiger partial charge on any atom is -0.480 e. The Morgan fingerprint density at radius 2 is 2.10 bits per heavy atom. The largest absolute Gasteiger partial charge is 0.480 e. The SMILES string of the molecule is COCC(NC(=O)NCC1CN(C)CCN1C)C(=O)O. The molecule has 0 radical (unpaired) electrons. The summed E-state index contributed by atoms with van der Waals surface area (Å²) in [4.78, 5) is 27.0. The van der Waals surface area contributed by atoms with E-state index in [9.17, 15) is 9.59 Å². The summed E-state index contributed by atoms with van der Waals surface area (Å²) in [6.45, 7) is 3.25. The lowest BCUT2D eigenvalue weighted by Crippen LogP contribution is -2.56. The van der Waals surface area contributed by atoms with Crippen molar-refractivity contribution in [3.63, 3.8) is 0 Å². The van der Waals surface area contributed by atoms with Gasteiger partial charge in [-0.3, -0.25) is 4.90 Å². The summed E-state index contributed by atoms with van der Waals surface area (Å²) >= 11 is 0. The van der Waals surface area contributed by atoms with Gasteiger partial charge in [0.2, 0.25) is 0 Å². The zero-order valence-corrected chi connectivity index (χ0v) is 12.3. The summed E-state index contributed by atoms with van der Waals surface area (Å²) in [5.74, 6) is -1.11. The third kappa shape index (κ3) is 5.32. The maximum absolute atomic E-state index is 11.7. The minimum atomic E-state index is -1.11. The van der Waals surface area contributed by atoms with Gasteiger partial charge in [-0.15, -0.1) is 0 Å². The van der Waals surface area contributed by atoms with E-state index in [0.29, 0.717) is 6.54 Å². The molecule has 0 aliphatic carbocycles. The fourth-order valence-corrected chi connectivity index (χ4v) is 2.08. The number of piperazine rings is 1. The van der Waals surface area contributed by atoms with Crippen molar-refractivity contribution >= 4 is 12.0 Å². The van der Waals surface area contributed by atoms with E-state index in [1.54, 1.807) is 0 Å². The third-order valence-electron chi connectivity index (χ3n) is 3.42. The lowest BCUT2D eigenvalue weighted by atomic mass is 10.2. The van der Waals surface area contributed by atoms with Gasteiger partial charge in [0.1, 0.15) is 0 Å². The summed E-state index contributed by atoms with van der Waals surface area (Å²) in [6.07, 6.45) is 0. The average molecular weight is 288 g/mol. The van der Waals surface area contributed by atoms with Crippen molar-refractivity contribution in [2.75, 3.05) is 54.0 Å². The number of carbonyl (C=O) groups excluding carboxylic acids is 1. The zero-order chi connectivity index (χ0) is 15.1. The number of ether oxygens (including phenoxy) is 1. The number of hydrogen-bond acceptors (Lipinski definition) is 5. The van der Waals surface area contributed by atoms with Crippen molar-refractivity contribution in [2.24, 2.45) is 0 Å². The van der Waals surface area contributed by atoms with E-state index in [1.807, 2.05) is 14.1 Å². The van der Waals surface area contributed by atoms with Crippen LogP contribution in [0.3, 0.4) is 0 Å². The number of carbonyl (C=O) groups is 2. The molecule has 1 aliphatic heterocycles. The number of hydrogen-bond donors (Lipinski definition) is 3. The van der Waals surface area contributed by atoms with Gasteiger partial charge in [0.25, 0.3) is 0 Å². The molecule has 1 aliphatic rings. The van der Waals surface area contributed by atoms with Gasteiger partial charge in [-0.05, 0) is 14.1 Å². The highest BCUT2D eigenvalue weighted by Crippen LogP contribution is 2.04. The van der Waals surface area contributed by atoms with Gasteiger partial charge < -0.3 is 25.4 Å². The second-order valence-corrected chi connectivity index (χ2v) is 5.10. The molecule has 20 heavy (non-hydrogen) atoms. The Balaban J connectivity index is 2.36. The summed E-state index contributed by atoms with van der Waals surface area (Å²) in [5.41, 5.74) is 0. The smallest absolute Gasteiger partial charge is 0.328 e. The van der Waals surface area contributed by atoms with Crippen LogP contribution >= 0.6 is 0 Å². The Labute approximate surface area is 119 Å². The van der Waals surface area contributed by atoms with Crippen LogP contribution in [0.25, 0.3) is 0 Å². The van der Waals surface area contributed by atoms with E-state index >= 15 is 0 Å². The van der Waals surface area contributed by atoms with Crippen LogP contribution in [0.4, 0.5) is 4.79 Å². The lowest BCUT2D eigenvalue weighted by Gasteiger charge is -2.37. The Morgan fingerprint density at radius 1 is 1.40 bits per heavy atom. The fraction of sp³-hybridized carbons (Fsp3) is 0.833. The Bertz CT molecular complexity index is 339. The van der Waals surface area contributed by atoms with Crippen molar-refractivity contribution in [3.05, 3.63) is 0 Å². The van der Waals surface area contributed by atoms with Gasteiger partial charge >= 0.3 is 12.0 Å². The molecule has 1 fully saturated rings. The third-order valence-corrected chi connectivity index (χ3v) is 3.42. The van der Waals surface area contributed by atoms with E-state index < -0.39 is 18.0 Å². The quantitative estimate of drug-likeness (QED) is 0.558. The molecule has 0 aromatic carbocycles. The first-order chi connectivity index (χ1) is 9.43. The van der Waals surface area contributed by atoms with Gasteiger partial charge in [0.15, 0.2) is 6.04 Å². The molecule has 3 N–H and O–H groups in total. The molecule has 1 heterocycles. The van der Waals surface area contributed by atoms with E-state index in [0.717, 1.165) is 19.6 Å². The summed E-state index contributed by atoms with van der Waals surface area (Å²) in [7, 11) is 5.45. The fourth-order valence-electron chi connectivity index (χ4n) is 2.08. The van der Waals surface area contributed by atoms with Crippen LogP contribution in [0, 0.1) is 0 Å². The maximum Gasteiger partial charge on any atom is 0.328 e. The molecule has 0 bridgehead atoms. The number of nitrogens with one attached hydrogen (secondary N) is 2. The number of amides is 2. The number of methoxy groups -OCH3 is 1. The number of urea groups is 1. The van der Waals surface area contributed by atoms with E-state index in [1.165, 1.54) is 7.11 Å². The molecule has 8 heteroatoms. The number of rotatable bonds is 6. The molecule has 0 spiro atoms. The average Bonchev–Trinajstić information content (AvgIpc) is 2.39. The van der Waals surface area contributed by atoms with Crippen LogP contribution in [0.2, 0.25) is 0 Å². The highest BCUT2D eigenvalue weighted by Gasteiger charge is 2.24. The molecular weight excluding hydrogens is 264 g/mol. The highest BCUT2D eigenvalue weighted by molar-refractivity contribution is 5.82. The Morgan fingerprint density at radius 3 is 2.70 bits per heavy atom. The van der Waals surface area contributed by atoms with E-state index in [2.05, 4.69) is 20.4 Å². The van der Waals surface area contributed by atoms with E-state index in [4.69, 9.17) is 9.84 Å². The first-order valence-corrected chi connectivity index (χ1v) is 6.59. The first-order valence-electron chi connectivity index (χ1n) is 6.59. The van der Waals surface area contributed by atoms with Gasteiger partial charge in [-0.1, -0.05) is 0 Å². The maximum atomic E-state index is 11.7. The molecular formula is C12H24N4O4. The molecule has 0 saturated carbocycles. The molecule has 116 valence electrons.